The summed E-state index contributed by atoms with van der Waals surface area (Å²) in [5.74, 6) is 0.170. The van der Waals surface area contributed by atoms with E-state index in [0.29, 0.717) is 29.9 Å². The van der Waals surface area contributed by atoms with E-state index in [1.807, 2.05) is 32.0 Å². The van der Waals surface area contributed by atoms with Gasteiger partial charge in [0.15, 0.2) is 0 Å². The zero-order valence-corrected chi connectivity index (χ0v) is 18.2. The molecule has 0 radical (unpaired) electrons. The number of benzene rings is 2. The molecule has 4 rings (SSSR count). The maximum atomic E-state index is 13.3. The Hall–Kier alpha value is -3.62. The Labute approximate surface area is 188 Å². The van der Waals surface area contributed by atoms with Crippen molar-refractivity contribution < 1.29 is 18.0 Å². The van der Waals surface area contributed by atoms with Crippen LogP contribution < -0.4 is 10.9 Å². The van der Waals surface area contributed by atoms with Crippen LogP contribution in [0.15, 0.2) is 47.3 Å². The van der Waals surface area contributed by atoms with Crippen LogP contribution in [0.2, 0.25) is 0 Å². The summed E-state index contributed by atoms with van der Waals surface area (Å²) in [6.45, 7) is 4.29. The quantitative estimate of drug-likeness (QED) is 0.605. The van der Waals surface area contributed by atoms with Crippen molar-refractivity contribution in [3.63, 3.8) is 0 Å². The first-order chi connectivity index (χ1) is 15.6. The predicted molar refractivity (Wildman–Crippen MR) is 118 cm³/mol. The summed E-state index contributed by atoms with van der Waals surface area (Å²) < 4.78 is 39.9. The third-order valence-corrected chi connectivity index (χ3v) is 5.71. The fourth-order valence-electron chi connectivity index (χ4n) is 4.01. The molecule has 0 aliphatic carbocycles. The number of H-pyrrole nitrogens is 1. The number of anilines is 1. The number of amides is 2. The lowest BCUT2D eigenvalue weighted by atomic mass is 10.0. The van der Waals surface area contributed by atoms with Crippen molar-refractivity contribution in [3.05, 3.63) is 92.2 Å². The molecule has 1 aromatic heterocycles. The van der Waals surface area contributed by atoms with Gasteiger partial charge in [0, 0.05) is 25.1 Å². The summed E-state index contributed by atoms with van der Waals surface area (Å²) in [7, 11) is 0. The number of aromatic amines is 1. The maximum absolute atomic E-state index is 13.3. The molecule has 2 N–H and O–H groups in total. The lowest BCUT2D eigenvalue weighted by molar-refractivity contribution is -0.138. The topological polar surface area (TPSA) is 78.1 Å². The number of urea groups is 1. The summed E-state index contributed by atoms with van der Waals surface area (Å²) in [5.41, 5.74) is 2.43. The molecule has 2 heterocycles. The van der Waals surface area contributed by atoms with Crippen molar-refractivity contribution >= 4 is 11.7 Å². The van der Waals surface area contributed by atoms with Gasteiger partial charge in [0.2, 0.25) is 0 Å². The van der Waals surface area contributed by atoms with E-state index in [0.717, 1.165) is 17.2 Å². The smallest absolute Gasteiger partial charge is 0.320 e. The number of alkyl halides is 3. The summed E-state index contributed by atoms with van der Waals surface area (Å²) in [4.78, 5) is 34.0. The van der Waals surface area contributed by atoms with Crippen molar-refractivity contribution in [2.45, 2.75) is 39.4 Å². The summed E-state index contributed by atoms with van der Waals surface area (Å²) in [6.07, 6.45) is -4.29. The molecule has 33 heavy (non-hydrogen) atoms. The summed E-state index contributed by atoms with van der Waals surface area (Å²) >= 11 is 0. The van der Waals surface area contributed by atoms with Crippen LogP contribution in [0.25, 0.3) is 0 Å². The highest BCUT2D eigenvalue weighted by Gasteiger charge is 2.33. The highest BCUT2D eigenvalue weighted by molar-refractivity contribution is 5.90. The van der Waals surface area contributed by atoms with Crippen LogP contribution in [0.4, 0.5) is 23.7 Å². The normalized spacial score (nSPS) is 13.5. The van der Waals surface area contributed by atoms with Gasteiger partial charge in [-0.15, -0.1) is 0 Å². The first-order valence-electron chi connectivity index (χ1n) is 10.5. The van der Waals surface area contributed by atoms with E-state index in [4.69, 9.17) is 0 Å². The average molecular weight is 456 g/mol. The number of aryl methyl sites for hydroxylation is 2. The number of carbonyl (C=O) groups is 1. The van der Waals surface area contributed by atoms with Crippen molar-refractivity contribution in [2.24, 2.45) is 0 Å². The van der Waals surface area contributed by atoms with Crippen LogP contribution in [-0.4, -0.2) is 27.4 Å². The lowest BCUT2D eigenvalue weighted by Gasteiger charge is -2.28. The second kappa shape index (κ2) is 8.73. The van der Waals surface area contributed by atoms with Gasteiger partial charge in [-0.3, -0.25) is 4.79 Å². The number of hydrogen-bond donors (Lipinski definition) is 2. The molecule has 0 saturated heterocycles. The molecule has 2 aromatic carbocycles. The highest BCUT2D eigenvalue weighted by Crippen LogP contribution is 2.32. The van der Waals surface area contributed by atoms with Crippen LogP contribution >= 0.6 is 0 Å². The number of nitrogens with one attached hydrogen (secondary N) is 2. The Morgan fingerprint density at radius 1 is 1.18 bits per heavy atom. The summed E-state index contributed by atoms with van der Waals surface area (Å²) in [6, 6.07) is 10.6. The number of hydrogen-bond acceptors (Lipinski definition) is 3. The van der Waals surface area contributed by atoms with E-state index >= 15 is 0 Å². The van der Waals surface area contributed by atoms with Gasteiger partial charge in [-0.05, 0) is 37.1 Å². The number of halogens is 3. The van der Waals surface area contributed by atoms with Gasteiger partial charge < -0.3 is 15.2 Å². The number of fused-ring (bicyclic) bond motifs is 1. The molecule has 0 unspecified atom stereocenters. The molecular formula is C24H23F3N4O2. The van der Waals surface area contributed by atoms with Gasteiger partial charge in [-0.2, -0.15) is 13.2 Å². The van der Waals surface area contributed by atoms with Gasteiger partial charge in [-0.1, -0.05) is 35.9 Å². The molecule has 0 bridgehead atoms. The van der Waals surface area contributed by atoms with Gasteiger partial charge in [0.25, 0.3) is 5.56 Å². The Morgan fingerprint density at radius 3 is 2.67 bits per heavy atom. The van der Waals surface area contributed by atoms with Crippen LogP contribution in [0.3, 0.4) is 0 Å². The molecule has 9 heteroatoms. The third kappa shape index (κ3) is 4.92. The first-order valence-corrected chi connectivity index (χ1v) is 10.5. The zero-order valence-electron chi connectivity index (χ0n) is 18.2. The molecule has 2 amide bonds. The molecule has 6 nitrogen and oxygen atoms in total. The number of nitrogens with zero attached hydrogens (tertiary/aromatic N) is 2. The molecular weight excluding hydrogens is 433 g/mol. The van der Waals surface area contributed by atoms with Gasteiger partial charge in [0.1, 0.15) is 5.82 Å². The van der Waals surface area contributed by atoms with Crippen LogP contribution in [0, 0.1) is 13.8 Å². The Kier molecular flexibility index (Phi) is 5.97. The molecule has 1 aliphatic rings. The van der Waals surface area contributed by atoms with E-state index in [1.165, 1.54) is 23.1 Å². The molecule has 3 aromatic rings. The van der Waals surface area contributed by atoms with E-state index in [2.05, 4.69) is 15.3 Å². The van der Waals surface area contributed by atoms with E-state index < -0.39 is 17.3 Å². The molecule has 0 fully saturated rings. The van der Waals surface area contributed by atoms with Crippen molar-refractivity contribution in [1.82, 2.24) is 14.9 Å². The zero-order chi connectivity index (χ0) is 23.8. The lowest BCUT2D eigenvalue weighted by Crippen LogP contribution is -2.42. The molecule has 0 saturated carbocycles. The first kappa shape index (κ1) is 22.6. The fourth-order valence-corrected chi connectivity index (χ4v) is 4.01. The Bertz CT molecular complexity index is 1270. The molecule has 0 spiro atoms. The van der Waals surface area contributed by atoms with Crippen molar-refractivity contribution in [1.29, 1.82) is 0 Å². The second-order valence-electron chi connectivity index (χ2n) is 8.19. The summed E-state index contributed by atoms with van der Waals surface area (Å²) in [5, 5.41) is 2.87. The Morgan fingerprint density at radius 2 is 1.94 bits per heavy atom. The Balaban J connectivity index is 1.52. The standard InChI is InChI=1S/C24H23F3N4O2/c1-14-7-8-19(15(2)11-14)29-23(33)31-10-9-20-17(13-31)22(32)30-21(28-20)12-16-5-3-4-6-18(16)24(25,26)27/h3-8,11H,9-10,12-13H2,1-2H3,(H,29,33)(H,28,30,32). The van der Waals surface area contributed by atoms with E-state index in [9.17, 15) is 22.8 Å². The maximum Gasteiger partial charge on any atom is 0.416 e. The van der Waals surface area contributed by atoms with E-state index in [1.54, 1.807) is 0 Å². The number of carbonyl (C=O) groups excluding carboxylic acids is 1. The minimum absolute atomic E-state index is 0.0402. The van der Waals surface area contributed by atoms with Crippen molar-refractivity contribution in [2.75, 3.05) is 11.9 Å². The van der Waals surface area contributed by atoms with Crippen molar-refractivity contribution in [3.8, 4) is 0 Å². The van der Waals surface area contributed by atoms with Gasteiger partial charge in [0.05, 0.1) is 23.4 Å². The molecule has 0 atom stereocenters. The fraction of sp³-hybridized carbons (Fsp3) is 0.292. The average Bonchev–Trinajstić information content (AvgIpc) is 2.75. The number of aromatic nitrogens is 2. The van der Waals surface area contributed by atoms with Crippen LogP contribution in [-0.2, 0) is 25.6 Å². The largest absolute Gasteiger partial charge is 0.416 e. The SMILES string of the molecule is Cc1ccc(NC(=O)N2CCc3nc(Cc4ccccc4C(F)(F)F)[nH]c(=O)c3C2)c(C)c1. The minimum Gasteiger partial charge on any atom is -0.320 e. The highest BCUT2D eigenvalue weighted by atomic mass is 19.4. The molecule has 172 valence electrons. The number of rotatable bonds is 3. The van der Waals surface area contributed by atoms with E-state index in [-0.39, 0.29) is 30.4 Å². The monoisotopic (exact) mass is 456 g/mol. The second-order valence-corrected chi connectivity index (χ2v) is 8.19. The molecule has 1 aliphatic heterocycles. The van der Waals surface area contributed by atoms with Gasteiger partial charge in [-0.25, -0.2) is 9.78 Å². The third-order valence-electron chi connectivity index (χ3n) is 5.71. The van der Waals surface area contributed by atoms with Gasteiger partial charge >= 0.3 is 12.2 Å². The van der Waals surface area contributed by atoms with Crippen LogP contribution in [0.1, 0.15) is 39.3 Å². The minimum atomic E-state index is -4.49. The predicted octanol–water partition coefficient (Wildman–Crippen LogP) is 4.59. The van der Waals surface area contributed by atoms with Crippen LogP contribution in [0.5, 0.6) is 0 Å².